The van der Waals surface area contributed by atoms with E-state index in [4.69, 9.17) is 14.3 Å². The van der Waals surface area contributed by atoms with Crippen molar-refractivity contribution in [2.45, 2.75) is 58.3 Å². The lowest BCUT2D eigenvalue weighted by Crippen LogP contribution is -2.27. The standard InChI is InChI=1S/C31H32N2O5/c1-31(2)17-27(36)30-23(33-38-28(30)18-31)13-14-25(34)29-24(32-21-9-11-22(37-3)12-10-21)15-20(16-26(29)35)19-7-5-4-6-8-19/h4-12,20,34H,13-18H2,1-3H3. The fraction of sp³-hybridized carbons (Fsp3) is 0.355. The summed E-state index contributed by atoms with van der Waals surface area (Å²) in [6.07, 6.45) is 2.34. The molecule has 2 aromatic carbocycles. The minimum Gasteiger partial charge on any atom is -0.511 e. The number of rotatable bonds is 6. The highest BCUT2D eigenvalue weighted by Gasteiger charge is 2.37. The Morgan fingerprint density at radius 3 is 2.50 bits per heavy atom. The number of methoxy groups -OCH3 is 1. The third-order valence-corrected chi connectivity index (χ3v) is 7.32. The molecule has 38 heavy (non-hydrogen) atoms. The molecule has 1 atom stereocenters. The van der Waals surface area contributed by atoms with Crippen molar-refractivity contribution in [3.05, 3.63) is 88.5 Å². The van der Waals surface area contributed by atoms with Crippen molar-refractivity contribution in [1.29, 1.82) is 0 Å². The maximum Gasteiger partial charge on any atom is 0.168 e. The number of benzene rings is 2. The van der Waals surface area contributed by atoms with Gasteiger partial charge in [0, 0.05) is 32.1 Å². The first-order valence-corrected chi connectivity index (χ1v) is 13.0. The molecule has 1 aromatic heterocycles. The first-order chi connectivity index (χ1) is 18.2. The Kier molecular flexibility index (Phi) is 7.02. The number of aromatic nitrogens is 1. The minimum absolute atomic E-state index is 0.0147. The van der Waals surface area contributed by atoms with Gasteiger partial charge in [0.15, 0.2) is 11.6 Å². The van der Waals surface area contributed by atoms with Crippen LogP contribution in [0.25, 0.3) is 0 Å². The molecule has 0 radical (unpaired) electrons. The van der Waals surface area contributed by atoms with Crippen LogP contribution in [-0.2, 0) is 17.6 Å². The van der Waals surface area contributed by atoms with E-state index in [0.717, 1.165) is 5.56 Å². The SMILES string of the molecule is COc1ccc(N=C2CC(c3ccccc3)CC(=O)C2=C(O)CCc2noc3c2C(=O)CC(C)(C)C3)cc1. The zero-order valence-electron chi connectivity index (χ0n) is 22.0. The quantitative estimate of drug-likeness (QED) is 0.299. The van der Waals surface area contributed by atoms with E-state index >= 15 is 0 Å². The van der Waals surface area contributed by atoms with Crippen LogP contribution in [0.4, 0.5) is 5.69 Å². The highest BCUT2D eigenvalue weighted by Crippen LogP contribution is 2.38. The molecule has 2 aliphatic carbocycles. The van der Waals surface area contributed by atoms with Crippen LogP contribution in [0.5, 0.6) is 5.75 Å². The molecule has 0 aliphatic heterocycles. The van der Waals surface area contributed by atoms with Crippen molar-refractivity contribution < 1.29 is 24.0 Å². The highest BCUT2D eigenvalue weighted by atomic mass is 16.5. The first kappa shape index (κ1) is 25.6. The number of aryl methyl sites for hydroxylation is 1. The van der Waals surface area contributed by atoms with Gasteiger partial charge in [-0.2, -0.15) is 0 Å². The average Bonchev–Trinajstić information content (AvgIpc) is 3.30. The summed E-state index contributed by atoms with van der Waals surface area (Å²) < 4.78 is 10.8. The van der Waals surface area contributed by atoms with Gasteiger partial charge in [-0.15, -0.1) is 0 Å². The lowest BCUT2D eigenvalue weighted by atomic mass is 9.76. The molecule has 1 N–H and O–H groups in total. The van der Waals surface area contributed by atoms with Crippen molar-refractivity contribution >= 4 is 23.0 Å². The summed E-state index contributed by atoms with van der Waals surface area (Å²) in [7, 11) is 1.60. The largest absolute Gasteiger partial charge is 0.511 e. The number of carbonyl (C=O) groups excluding carboxylic acids is 2. The summed E-state index contributed by atoms with van der Waals surface area (Å²) in [6, 6.07) is 17.2. The first-order valence-electron chi connectivity index (χ1n) is 13.0. The Morgan fingerprint density at radius 2 is 1.79 bits per heavy atom. The van der Waals surface area contributed by atoms with Gasteiger partial charge in [-0.05, 0) is 47.6 Å². The van der Waals surface area contributed by atoms with Crippen LogP contribution >= 0.6 is 0 Å². The van der Waals surface area contributed by atoms with E-state index in [1.54, 1.807) is 7.11 Å². The molecule has 0 bridgehead atoms. The molecule has 5 rings (SSSR count). The van der Waals surface area contributed by atoms with Gasteiger partial charge in [-0.25, -0.2) is 0 Å². The van der Waals surface area contributed by atoms with E-state index in [1.165, 1.54) is 0 Å². The number of carbonyl (C=O) groups is 2. The third kappa shape index (κ3) is 5.32. The fourth-order valence-electron chi connectivity index (χ4n) is 5.45. The van der Waals surface area contributed by atoms with Gasteiger partial charge in [0.2, 0.25) is 0 Å². The number of hydrogen-bond donors (Lipinski definition) is 1. The molecule has 0 spiro atoms. The molecule has 7 nitrogen and oxygen atoms in total. The van der Waals surface area contributed by atoms with E-state index in [2.05, 4.69) is 5.16 Å². The predicted molar refractivity (Wildman–Crippen MR) is 144 cm³/mol. The maximum absolute atomic E-state index is 13.4. The average molecular weight is 513 g/mol. The number of ketones is 2. The summed E-state index contributed by atoms with van der Waals surface area (Å²) in [5.41, 5.74) is 3.46. The summed E-state index contributed by atoms with van der Waals surface area (Å²) in [5.74, 6) is 1.13. The second-order valence-electron chi connectivity index (χ2n) is 10.9. The van der Waals surface area contributed by atoms with Crippen molar-refractivity contribution in [2.75, 3.05) is 7.11 Å². The summed E-state index contributed by atoms with van der Waals surface area (Å²) >= 11 is 0. The zero-order valence-corrected chi connectivity index (χ0v) is 22.0. The van der Waals surface area contributed by atoms with Crippen LogP contribution in [0.15, 0.2) is 75.4 Å². The van der Waals surface area contributed by atoms with Crippen LogP contribution in [0.3, 0.4) is 0 Å². The van der Waals surface area contributed by atoms with Gasteiger partial charge < -0.3 is 14.4 Å². The zero-order chi connectivity index (χ0) is 26.9. The van der Waals surface area contributed by atoms with Gasteiger partial charge in [0.05, 0.1) is 35.3 Å². The van der Waals surface area contributed by atoms with E-state index in [1.807, 2.05) is 68.4 Å². The molecule has 1 saturated carbocycles. The fourth-order valence-corrected chi connectivity index (χ4v) is 5.45. The second kappa shape index (κ2) is 10.4. The molecule has 1 fully saturated rings. The third-order valence-electron chi connectivity index (χ3n) is 7.32. The number of aliphatic hydroxyl groups excluding tert-OH is 1. The summed E-state index contributed by atoms with van der Waals surface area (Å²) in [6.45, 7) is 4.07. The van der Waals surface area contributed by atoms with Crippen molar-refractivity contribution in [3.8, 4) is 5.75 Å². The van der Waals surface area contributed by atoms with Gasteiger partial charge >= 0.3 is 0 Å². The Balaban J connectivity index is 1.45. The number of aliphatic imine (C=N–C) groups is 1. The topological polar surface area (TPSA) is 102 Å². The predicted octanol–water partition coefficient (Wildman–Crippen LogP) is 6.50. The lowest BCUT2D eigenvalue weighted by molar-refractivity contribution is -0.116. The molecule has 0 amide bonds. The number of fused-ring (bicyclic) bond motifs is 1. The molecular formula is C31H32N2O5. The van der Waals surface area contributed by atoms with Gasteiger partial charge in [0.1, 0.15) is 17.3 Å². The molecule has 1 heterocycles. The molecule has 1 unspecified atom stereocenters. The van der Waals surface area contributed by atoms with Gasteiger partial charge in [-0.3, -0.25) is 14.6 Å². The number of allylic oxidation sites excluding steroid dienone is 2. The Bertz CT molecular complexity index is 1410. The summed E-state index contributed by atoms with van der Waals surface area (Å²) in [5, 5.41) is 15.3. The number of nitrogens with zero attached hydrogens (tertiary/aromatic N) is 2. The van der Waals surface area contributed by atoms with Crippen LogP contribution in [0.2, 0.25) is 0 Å². The Labute approximate surface area is 222 Å². The Morgan fingerprint density at radius 1 is 1.05 bits per heavy atom. The smallest absolute Gasteiger partial charge is 0.168 e. The molecular weight excluding hydrogens is 480 g/mol. The van der Waals surface area contributed by atoms with E-state index in [9.17, 15) is 14.7 Å². The maximum atomic E-state index is 13.4. The molecule has 0 saturated heterocycles. The monoisotopic (exact) mass is 512 g/mol. The summed E-state index contributed by atoms with van der Waals surface area (Å²) in [4.78, 5) is 31.0. The van der Waals surface area contributed by atoms with Crippen LogP contribution in [0, 0.1) is 5.41 Å². The number of ether oxygens (including phenoxy) is 1. The normalized spacial score (nSPS) is 21.3. The van der Waals surface area contributed by atoms with Crippen molar-refractivity contribution in [3.63, 3.8) is 0 Å². The Hall–Kier alpha value is -4.00. The molecule has 196 valence electrons. The number of aliphatic hydroxyl groups is 1. The number of hydrogen-bond acceptors (Lipinski definition) is 7. The van der Waals surface area contributed by atoms with E-state index < -0.39 is 0 Å². The minimum atomic E-state index is -0.165. The van der Waals surface area contributed by atoms with Crippen LogP contribution < -0.4 is 4.74 Å². The number of Topliss-reactive ketones (excluding diaryl/α,β-unsaturated/α-hetero) is 2. The molecule has 7 heteroatoms. The van der Waals surface area contributed by atoms with Crippen molar-refractivity contribution in [2.24, 2.45) is 10.4 Å². The van der Waals surface area contributed by atoms with Crippen LogP contribution in [0.1, 0.15) is 72.8 Å². The van der Waals surface area contributed by atoms with E-state index in [0.29, 0.717) is 59.8 Å². The molecule has 2 aliphatic rings. The van der Waals surface area contributed by atoms with Gasteiger partial charge in [0.25, 0.3) is 0 Å². The molecule has 3 aromatic rings. The van der Waals surface area contributed by atoms with E-state index in [-0.39, 0.29) is 47.1 Å². The lowest BCUT2D eigenvalue weighted by Gasteiger charge is -2.27. The van der Waals surface area contributed by atoms with Crippen LogP contribution in [-0.4, -0.2) is 34.7 Å². The van der Waals surface area contributed by atoms with Gasteiger partial charge in [-0.1, -0.05) is 49.3 Å². The highest BCUT2D eigenvalue weighted by molar-refractivity contribution is 6.25. The second-order valence-corrected chi connectivity index (χ2v) is 10.9. The van der Waals surface area contributed by atoms with Crippen molar-refractivity contribution in [1.82, 2.24) is 5.16 Å².